The number of hydrogen-bond donors (Lipinski definition) is 0. The van der Waals surface area contributed by atoms with Crippen LogP contribution in [0, 0.1) is 12.3 Å². The zero-order valence-corrected chi connectivity index (χ0v) is 18.0. The van der Waals surface area contributed by atoms with Crippen molar-refractivity contribution < 1.29 is 0 Å². The van der Waals surface area contributed by atoms with E-state index in [2.05, 4.69) is 60.6 Å². The van der Waals surface area contributed by atoms with Gasteiger partial charge in [0.2, 0.25) is 0 Å². The first-order valence-electron chi connectivity index (χ1n) is 11.2. The van der Waals surface area contributed by atoms with Crippen molar-refractivity contribution in [3.63, 3.8) is 0 Å². The lowest BCUT2D eigenvalue weighted by Crippen LogP contribution is -2.50. The number of aryl methyl sites for hydroxylation is 1. The Labute approximate surface area is 175 Å². The van der Waals surface area contributed by atoms with E-state index in [-0.39, 0.29) is 0 Å². The van der Waals surface area contributed by atoms with Crippen molar-refractivity contribution in [3.05, 3.63) is 70.5 Å². The van der Waals surface area contributed by atoms with Gasteiger partial charge < -0.3 is 4.90 Å². The number of aliphatic imine (C=N–C) groups is 1. The van der Waals surface area contributed by atoms with Gasteiger partial charge in [-0.25, -0.2) is 4.99 Å². The van der Waals surface area contributed by atoms with Crippen LogP contribution in [0.1, 0.15) is 49.3 Å². The van der Waals surface area contributed by atoms with E-state index in [0.29, 0.717) is 5.41 Å². The quantitative estimate of drug-likeness (QED) is 0.689. The molecule has 2 aliphatic heterocycles. The lowest BCUT2D eigenvalue weighted by atomic mass is 9.92. The molecule has 0 unspecified atom stereocenters. The predicted octanol–water partition coefficient (Wildman–Crippen LogP) is 4.88. The SMILES string of the molecule is C=CC1(CN2CCN(C3=NC4=C(C=C(C)CC4)Cc4cc(C)ccc43)CC2)CC1. The summed E-state index contributed by atoms with van der Waals surface area (Å²) in [6.45, 7) is 14.1. The van der Waals surface area contributed by atoms with E-state index in [1.807, 2.05) is 0 Å². The molecule has 3 nitrogen and oxygen atoms in total. The van der Waals surface area contributed by atoms with E-state index in [0.717, 1.165) is 45.4 Å². The van der Waals surface area contributed by atoms with Gasteiger partial charge in [0, 0.05) is 49.4 Å². The topological polar surface area (TPSA) is 18.8 Å². The predicted molar refractivity (Wildman–Crippen MR) is 121 cm³/mol. The van der Waals surface area contributed by atoms with Gasteiger partial charge in [-0.05, 0) is 57.1 Å². The van der Waals surface area contributed by atoms with Crippen LogP contribution in [0.25, 0.3) is 0 Å². The highest BCUT2D eigenvalue weighted by Gasteiger charge is 2.41. The van der Waals surface area contributed by atoms with Crippen molar-refractivity contribution >= 4 is 5.84 Å². The van der Waals surface area contributed by atoms with Crippen LogP contribution in [0.4, 0.5) is 0 Å². The van der Waals surface area contributed by atoms with Crippen LogP contribution in [0.3, 0.4) is 0 Å². The van der Waals surface area contributed by atoms with Crippen LogP contribution >= 0.6 is 0 Å². The van der Waals surface area contributed by atoms with Gasteiger partial charge in [0.15, 0.2) is 0 Å². The maximum Gasteiger partial charge on any atom is 0.136 e. The largest absolute Gasteiger partial charge is 0.354 e. The maximum atomic E-state index is 5.30. The number of allylic oxidation sites excluding steroid dienone is 4. The van der Waals surface area contributed by atoms with Crippen molar-refractivity contribution in [2.24, 2.45) is 10.4 Å². The summed E-state index contributed by atoms with van der Waals surface area (Å²) in [6, 6.07) is 6.93. The lowest BCUT2D eigenvalue weighted by Gasteiger charge is -2.38. The number of fused-ring (bicyclic) bond motifs is 1. The Bertz CT molecular complexity index is 921. The normalized spacial score (nSPS) is 23.6. The molecular weight excluding hydrogens is 354 g/mol. The van der Waals surface area contributed by atoms with Crippen LogP contribution in [0.15, 0.2) is 58.8 Å². The van der Waals surface area contributed by atoms with Crippen molar-refractivity contribution in [2.45, 2.75) is 46.0 Å². The molecule has 5 rings (SSSR count). The Morgan fingerprint density at radius 3 is 2.62 bits per heavy atom. The molecule has 3 heteroatoms. The molecule has 2 fully saturated rings. The summed E-state index contributed by atoms with van der Waals surface area (Å²) < 4.78 is 0. The average molecular weight is 388 g/mol. The van der Waals surface area contributed by atoms with Crippen molar-refractivity contribution in [3.8, 4) is 0 Å². The van der Waals surface area contributed by atoms with E-state index in [1.54, 1.807) is 0 Å². The summed E-state index contributed by atoms with van der Waals surface area (Å²) in [5.41, 5.74) is 8.76. The van der Waals surface area contributed by atoms with Crippen LogP contribution in [0.2, 0.25) is 0 Å². The van der Waals surface area contributed by atoms with Gasteiger partial charge >= 0.3 is 0 Å². The minimum Gasteiger partial charge on any atom is -0.354 e. The van der Waals surface area contributed by atoms with Gasteiger partial charge in [0.25, 0.3) is 0 Å². The number of piperazine rings is 1. The summed E-state index contributed by atoms with van der Waals surface area (Å²) in [4.78, 5) is 10.5. The molecule has 0 atom stereocenters. The van der Waals surface area contributed by atoms with E-state index in [9.17, 15) is 0 Å². The highest BCUT2D eigenvalue weighted by atomic mass is 15.3. The molecule has 2 aliphatic carbocycles. The summed E-state index contributed by atoms with van der Waals surface area (Å²) in [5.74, 6) is 1.21. The minimum absolute atomic E-state index is 0.415. The van der Waals surface area contributed by atoms with E-state index < -0.39 is 0 Å². The summed E-state index contributed by atoms with van der Waals surface area (Å²) in [6.07, 6.45) is 10.5. The van der Waals surface area contributed by atoms with Crippen LogP contribution in [0.5, 0.6) is 0 Å². The smallest absolute Gasteiger partial charge is 0.136 e. The fourth-order valence-corrected chi connectivity index (χ4v) is 5.08. The first-order chi connectivity index (χ1) is 14.0. The average Bonchev–Trinajstić information content (AvgIpc) is 3.50. The molecule has 1 saturated carbocycles. The van der Waals surface area contributed by atoms with Crippen molar-refractivity contribution in [2.75, 3.05) is 32.7 Å². The molecule has 0 amide bonds. The highest BCUT2D eigenvalue weighted by molar-refractivity contribution is 6.01. The molecule has 0 aromatic heterocycles. The fraction of sp³-hybridized carbons (Fsp3) is 0.500. The number of rotatable bonds is 3. The molecular formula is C26H33N3. The Kier molecular flexibility index (Phi) is 4.74. The monoisotopic (exact) mass is 387 g/mol. The van der Waals surface area contributed by atoms with E-state index in [1.165, 1.54) is 58.8 Å². The van der Waals surface area contributed by atoms with Gasteiger partial charge in [-0.1, -0.05) is 41.5 Å². The first-order valence-corrected chi connectivity index (χ1v) is 11.2. The van der Waals surface area contributed by atoms with Crippen molar-refractivity contribution in [1.29, 1.82) is 0 Å². The zero-order valence-electron chi connectivity index (χ0n) is 18.0. The molecule has 0 bridgehead atoms. The lowest BCUT2D eigenvalue weighted by molar-refractivity contribution is 0.164. The standard InChI is InChI=1S/C26H33N3/c1-4-26(9-10-26)18-28-11-13-29(14-12-28)25-23-7-5-19(2)15-21(23)17-22-16-20(3)6-8-24(22)27-25/h4-5,7,15-16H,1,6,8-14,17-18H2,2-3H3. The Hall–Kier alpha value is -2.13. The van der Waals surface area contributed by atoms with Crippen LogP contribution < -0.4 is 0 Å². The summed E-state index contributed by atoms with van der Waals surface area (Å²) in [5, 5.41) is 0. The van der Waals surface area contributed by atoms with Gasteiger partial charge in [0.1, 0.15) is 5.84 Å². The van der Waals surface area contributed by atoms with Gasteiger partial charge in [-0.15, -0.1) is 6.58 Å². The molecule has 0 radical (unpaired) electrons. The third-order valence-corrected chi connectivity index (χ3v) is 7.21. The minimum atomic E-state index is 0.415. The molecule has 29 heavy (non-hydrogen) atoms. The Morgan fingerprint density at radius 1 is 1.10 bits per heavy atom. The van der Waals surface area contributed by atoms with Crippen LogP contribution in [-0.4, -0.2) is 48.4 Å². The Morgan fingerprint density at radius 2 is 1.90 bits per heavy atom. The first kappa shape index (κ1) is 18.9. The van der Waals surface area contributed by atoms with E-state index in [4.69, 9.17) is 4.99 Å². The molecule has 4 aliphatic rings. The van der Waals surface area contributed by atoms with Crippen LogP contribution in [-0.2, 0) is 6.42 Å². The van der Waals surface area contributed by atoms with Gasteiger partial charge in [-0.3, -0.25) is 4.90 Å². The molecule has 1 aromatic rings. The maximum absolute atomic E-state index is 5.30. The molecule has 152 valence electrons. The molecule has 1 saturated heterocycles. The number of benzene rings is 1. The number of nitrogens with zero attached hydrogens (tertiary/aromatic N) is 3. The third kappa shape index (κ3) is 3.73. The van der Waals surface area contributed by atoms with Gasteiger partial charge in [-0.2, -0.15) is 0 Å². The second-order valence-corrected chi connectivity index (χ2v) is 9.57. The highest BCUT2D eigenvalue weighted by Crippen LogP contribution is 2.47. The molecule has 1 aromatic carbocycles. The molecule has 2 heterocycles. The number of hydrogen-bond acceptors (Lipinski definition) is 3. The van der Waals surface area contributed by atoms with E-state index >= 15 is 0 Å². The second kappa shape index (κ2) is 7.28. The summed E-state index contributed by atoms with van der Waals surface area (Å²) >= 11 is 0. The van der Waals surface area contributed by atoms with Crippen molar-refractivity contribution in [1.82, 2.24) is 9.80 Å². The second-order valence-electron chi connectivity index (χ2n) is 9.57. The molecule has 0 spiro atoms. The van der Waals surface area contributed by atoms with Gasteiger partial charge in [0.05, 0.1) is 0 Å². The Balaban J connectivity index is 1.42. The fourth-order valence-electron chi connectivity index (χ4n) is 5.08. The molecule has 0 N–H and O–H groups in total. The third-order valence-electron chi connectivity index (χ3n) is 7.21. The summed E-state index contributed by atoms with van der Waals surface area (Å²) in [7, 11) is 0. The zero-order chi connectivity index (χ0) is 20.0. The number of amidine groups is 1.